The Hall–Kier alpha value is -2.83. The fraction of sp³-hybridized carbons (Fsp3) is 0.478. The number of halogens is 1. The van der Waals surface area contributed by atoms with Crippen LogP contribution in [-0.4, -0.2) is 59.2 Å². The zero-order valence-corrected chi connectivity index (χ0v) is 18.3. The number of piperazine rings is 1. The maximum Gasteiger partial charge on any atom is 0.410 e. The monoisotopic (exact) mass is 427 g/mol. The lowest BCUT2D eigenvalue weighted by Gasteiger charge is -2.36. The van der Waals surface area contributed by atoms with Crippen LogP contribution in [-0.2, 0) is 4.74 Å². The van der Waals surface area contributed by atoms with Crippen molar-refractivity contribution in [2.45, 2.75) is 44.8 Å². The molecule has 0 bridgehead atoms. The maximum absolute atomic E-state index is 12.7. The van der Waals surface area contributed by atoms with E-state index < -0.39 is 11.1 Å². The Bertz CT molecular complexity index is 937. The van der Waals surface area contributed by atoms with Gasteiger partial charge >= 0.3 is 12.1 Å². The fourth-order valence-corrected chi connectivity index (χ4v) is 3.19. The molecule has 0 spiro atoms. The molecular weight excluding hydrogens is 402 g/mol. The average molecular weight is 428 g/mol. The molecule has 1 aromatic carbocycles. The van der Waals surface area contributed by atoms with Crippen LogP contribution in [0.4, 0.5) is 9.59 Å². The van der Waals surface area contributed by atoms with Gasteiger partial charge in [-0.25, -0.2) is 9.59 Å². The van der Waals surface area contributed by atoms with Gasteiger partial charge in [-0.15, -0.1) is 6.42 Å². The molecule has 0 radical (unpaired) electrons. The Labute approximate surface area is 182 Å². The Morgan fingerprint density at radius 2 is 1.80 bits per heavy atom. The van der Waals surface area contributed by atoms with E-state index in [0.717, 1.165) is 18.4 Å². The highest BCUT2D eigenvalue weighted by Crippen LogP contribution is 2.35. The standard InChI is InChI=1S/C23H26ClN3O3/c1-5-18-16-17(6-7-19(18)24)8-9-23(10-11-23)25-20(28)26-12-14-27(15-13-26)21(29)30-22(2,3)4/h1,6-7,16H,10-15H2,2-4H3,(H,25,28). The molecule has 0 atom stereocenters. The number of rotatable bonds is 1. The Kier molecular flexibility index (Phi) is 6.19. The molecule has 158 valence electrons. The van der Waals surface area contributed by atoms with Crippen molar-refractivity contribution >= 4 is 23.7 Å². The molecule has 2 fully saturated rings. The normalized spacial score (nSPS) is 17.3. The first-order chi connectivity index (χ1) is 14.1. The van der Waals surface area contributed by atoms with E-state index in [1.165, 1.54) is 0 Å². The summed E-state index contributed by atoms with van der Waals surface area (Å²) >= 11 is 6.03. The summed E-state index contributed by atoms with van der Waals surface area (Å²) in [5.74, 6) is 8.80. The van der Waals surface area contributed by atoms with E-state index in [2.05, 4.69) is 23.1 Å². The number of hydrogen-bond acceptors (Lipinski definition) is 3. The summed E-state index contributed by atoms with van der Waals surface area (Å²) in [6.45, 7) is 7.31. The van der Waals surface area contributed by atoms with E-state index in [1.54, 1.807) is 21.9 Å². The van der Waals surface area contributed by atoms with Gasteiger partial charge in [0.15, 0.2) is 0 Å². The van der Waals surface area contributed by atoms with Crippen molar-refractivity contribution in [3.63, 3.8) is 0 Å². The van der Waals surface area contributed by atoms with Crippen LogP contribution in [0.1, 0.15) is 44.7 Å². The van der Waals surface area contributed by atoms with Crippen LogP contribution in [0.5, 0.6) is 0 Å². The molecule has 0 aromatic heterocycles. The minimum Gasteiger partial charge on any atom is -0.444 e. The predicted molar refractivity (Wildman–Crippen MR) is 116 cm³/mol. The Morgan fingerprint density at radius 1 is 1.17 bits per heavy atom. The van der Waals surface area contributed by atoms with Gasteiger partial charge in [-0.05, 0) is 51.8 Å². The first-order valence-electron chi connectivity index (χ1n) is 9.95. The SMILES string of the molecule is C#Cc1cc(C#CC2(NC(=O)N3CCN(C(=O)OC(C)(C)C)CC3)CC2)ccc1Cl. The zero-order valence-electron chi connectivity index (χ0n) is 17.5. The summed E-state index contributed by atoms with van der Waals surface area (Å²) in [5.41, 5.74) is 0.322. The minimum atomic E-state index is -0.534. The first kappa shape index (κ1) is 21.9. The number of carbonyl (C=O) groups excluding carboxylic acids is 2. The average Bonchev–Trinajstić information content (AvgIpc) is 3.45. The molecule has 3 rings (SSSR count). The Morgan fingerprint density at radius 3 is 2.37 bits per heavy atom. The molecule has 1 aromatic rings. The summed E-state index contributed by atoms with van der Waals surface area (Å²) < 4.78 is 5.39. The molecule has 7 heteroatoms. The van der Waals surface area contributed by atoms with Gasteiger partial charge in [0.2, 0.25) is 0 Å². The quantitative estimate of drug-likeness (QED) is 0.698. The van der Waals surface area contributed by atoms with Crippen LogP contribution in [0.15, 0.2) is 18.2 Å². The van der Waals surface area contributed by atoms with Crippen LogP contribution in [0.2, 0.25) is 5.02 Å². The van der Waals surface area contributed by atoms with Crippen molar-refractivity contribution in [2.75, 3.05) is 26.2 Å². The molecule has 1 saturated heterocycles. The third-order valence-electron chi connectivity index (χ3n) is 4.88. The molecule has 2 aliphatic rings. The van der Waals surface area contributed by atoms with Gasteiger partial charge in [0.1, 0.15) is 11.1 Å². The molecule has 0 unspecified atom stereocenters. The van der Waals surface area contributed by atoms with Crippen molar-refractivity contribution < 1.29 is 14.3 Å². The number of carbonyl (C=O) groups is 2. The number of urea groups is 1. The van der Waals surface area contributed by atoms with Gasteiger partial charge < -0.3 is 19.9 Å². The van der Waals surface area contributed by atoms with Crippen molar-refractivity contribution in [3.8, 4) is 24.2 Å². The number of ether oxygens (including phenoxy) is 1. The highest BCUT2D eigenvalue weighted by atomic mass is 35.5. The second kappa shape index (κ2) is 8.50. The summed E-state index contributed by atoms with van der Waals surface area (Å²) in [6, 6.07) is 5.14. The molecule has 1 heterocycles. The van der Waals surface area contributed by atoms with E-state index >= 15 is 0 Å². The molecule has 30 heavy (non-hydrogen) atoms. The molecule has 1 N–H and O–H groups in total. The zero-order chi connectivity index (χ0) is 21.9. The van der Waals surface area contributed by atoms with E-state index in [4.69, 9.17) is 22.8 Å². The predicted octanol–water partition coefficient (Wildman–Crippen LogP) is 3.47. The van der Waals surface area contributed by atoms with Gasteiger partial charge in [0.05, 0.1) is 5.02 Å². The third-order valence-corrected chi connectivity index (χ3v) is 5.21. The second-order valence-electron chi connectivity index (χ2n) is 8.56. The number of hydrogen-bond donors (Lipinski definition) is 1. The lowest BCUT2D eigenvalue weighted by atomic mass is 10.1. The summed E-state index contributed by atoms with van der Waals surface area (Å²) in [4.78, 5) is 28.2. The van der Waals surface area contributed by atoms with Gasteiger partial charge in [-0.2, -0.15) is 0 Å². The smallest absolute Gasteiger partial charge is 0.410 e. The van der Waals surface area contributed by atoms with Gasteiger partial charge in [-0.1, -0.05) is 29.4 Å². The largest absolute Gasteiger partial charge is 0.444 e. The maximum atomic E-state index is 12.7. The summed E-state index contributed by atoms with van der Waals surface area (Å²) in [5, 5.41) is 3.56. The highest BCUT2D eigenvalue weighted by Gasteiger charge is 2.44. The third kappa shape index (κ3) is 5.62. The Balaban J connectivity index is 1.55. The summed E-state index contributed by atoms with van der Waals surface area (Å²) in [6.07, 6.45) is 6.71. The lowest BCUT2D eigenvalue weighted by Crippen LogP contribution is -2.55. The number of nitrogens with zero attached hydrogens (tertiary/aromatic N) is 2. The van der Waals surface area contributed by atoms with Crippen LogP contribution >= 0.6 is 11.6 Å². The lowest BCUT2D eigenvalue weighted by molar-refractivity contribution is 0.0169. The van der Waals surface area contributed by atoms with Gasteiger partial charge in [0.25, 0.3) is 0 Å². The number of terminal acetylenes is 1. The van der Waals surface area contributed by atoms with Crippen molar-refractivity contribution in [1.82, 2.24) is 15.1 Å². The molecular formula is C23H26ClN3O3. The van der Waals surface area contributed by atoms with E-state index in [0.29, 0.717) is 36.8 Å². The molecule has 1 aliphatic carbocycles. The molecule has 6 nitrogen and oxygen atoms in total. The molecule has 3 amide bonds. The molecule has 1 aliphatic heterocycles. The number of benzene rings is 1. The van der Waals surface area contributed by atoms with Crippen molar-refractivity contribution in [3.05, 3.63) is 34.3 Å². The number of amides is 3. The number of nitrogens with one attached hydrogen (secondary N) is 1. The summed E-state index contributed by atoms with van der Waals surface area (Å²) in [7, 11) is 0. The fourth-order valence-electron chi connectivity index (χ4n) is 3.01. The minimum absolute atomic E-state index is 0.161. The van der Waals surface area contributed by atoms with E-state index in [1.807, 2.05) is 26.8 Å². The topological polar surface area (TPSA) is 61.9 Å². The van der Waals surface area contributed by atoms with Crippen LogP contribution in [0.25, 0.3) is 0 Å². The second-order valence-corrected chi connectivity index (χ2v) is 8.96. The van der Waals surface area contributed by atoms with Crippen molar-refractivity contribution in [2.24, 2.45) is 0 Å². The van der Waals surface area contributed by atoms with E-state index in [9.17, 15) is 9.59 Å². The van der Waals surface area contributed by atoms with E-state index in [-0.39, 0.29) is 12.1 Å². The van der Waals surface area contributed by atoms with Crippen LogP contribution in [0.3, 0.4) is 0 Å². The van der Waals surface area contributed by atoms with Crippen molar-refractivity contribution in [1.29, 1.82) is 0 Å². The first-order valence-corrected chi connectivity index (χ1v) is 10.3. The van der Waals surface area contributed by atoms with Gasteiger partial charge in [0, 0.05) is 37.3 Å². The van der Waals surface area contributed by atoms with Crippen LogP contribution < -0.4 is 5.32 Å². The van der Waals surface area contributed by atoms with Crippen LogP contribution in [0, 0.1) is 24.2 Å². The highest BCUT2D eigenvalue weighted by molar-refractivity contribution is 6.31. The molecule has 1 saturated carbocycles. The van der Waals surface area contributed by atoms with Gasteiger partial charge in [-0.3, -0.25) is 0 Å².